The molecular weight excluding hydrogens is 896 g/mol. The fourth-order valence-corrected chi connectivity index (χ4v) is 5.74. The van der Waals surface area contributed by atoms with Gasteiger partial charge in [-0.2, -0.15) is 8.42 Å². The number of nitrogens with one attached hydrogen (secondary N) is 1. The quantitative estimate of drug-likeness (QED) is 0.0428. The van der Waals surface area contributed by atoms with E-state index in [9.17, 15) is 36.3 Å². The van der Waals surface area contributed by atoms with Crippen molar-refractivity contribution >= 4 is 91.2 Å². The minimum Gasteiger partial charge on any atom is -0.507 e. The number of aromatic carboxylic acids is 3. The standard InChI is InChI=1S/C15H13NO5S.C8H9N.C7H5ClO5S.C7H6O3.ClHO3S/c1-2-10-3-5-11(6-4-10)16-22(20,21)12-7-8-14(17)13(9-12)15(18)19;1-2-7-3-5-8(9)6-4-7;8-14(12,13)4-1-2-6(9)5(3-4)7(10)11;8-6-4-2-1-3-5(6)7(9)10;1-5(2,3)4/h2-9,16-17H,1H2,(H,18,19);2-6H,1,9H2;1-3,9H,(H,10,11);1-4,8H,(H,9,10);(H,2,3,4). The molecule has 0 radical (unpaired) electrons. The number of hydrogen-bond donors (Lipinski definition) is 9. The van der Waals surface area contributed by atoms with Crippen molar-refractivity contribution < 1.29 is 74.8 Å². The predicted octanol–water partition coefficient (Wildman–Crippen LogP) is 6.58. The number of carbonyl (C=O) groups is 3. The van der Waals surface area contributed by atoms with Gasteiger partial charge in [0.25, 0.3) is 19.1 Å². The average molecular weight is 930 g/mol. The minimum atomic E-state index is -4.19. The van der Waals surface area contributed by atoms with Gasteiger partial charge in [-0.1, -0.05) is 61.7 Å². The van der Waals surface area contributed by atoms with Crippen LogP contribution in [0.3, 0.4) is 0 Å². The minimum absolute atomic E-state index is 0.0671. The Bertz CT molecular complexity index is 2650. The maximum Gasteiger partial charge on any atom is 0.353 e. The maximum atomic E-state index is 12.2. The molecule has 0 heterocycles. The van der Waals surface area contributed by atoms with Gasteiger partial charge in [-0.05, 0) is 83.9 Å². The Hall–Kier alpha value is -6.62. The molecular formula is C37H34Cl2N2O16S3. The number of benzene rings is 5. The van der Waals surface area contributed by atoms with Crippen LogP contribution in [-0.4, -0.2) is 78.4 Å². The van der Waals surface area contributed by atoms with E-state index in [4.69, 9.17) is 54.9 Å². The van der Waals surface area contributed by atoms with Gasteiger partial charge in [0.2, 0.25) is 0 Å². The van der Waals surface area contributed by atoms with Crippen molar-refractivity contribution in [3.8, 4) is 17.2 Å². The molecule has 0 aliphatic heterocycles. The molecule has 0 spiro atoms. The largest absolute Gasteiger partial charge is 0.507 e. The average Bonchev–Trinajstić information content (AvgIpc) is 3.15. The van der Waals surface area contributed by atoms with E-state index in [2.05, 4.69) is 28.6 Å². The zero-order chi connectivity index (χ0) is 46.0. The molecule has 5 aromatic carbocycles. The van der Waals surface area contributed by atoms with Crippen LogP contribution in [0, 0.1) is 0 Å². The Labute approximate surface area is 352 Å². The third-order valence-corrected chi connectivity index (χ3v) is 9.42. The number of nitrogens with two attached hydrogens (primary N) is 1. The van der Waals surface area contributed by atoms with Gasteiger partial charge in [0.05, 0.1) is 9.79 Å². The van der Waals surface area contributed by atoms with Crippen LogP contribution >= 0.6 is 21.4 Å². The Morgan fingerprint density at radius 2 is 0.933 bits per heavy atom. The topological polar surface area (TPSA) is 333 Å². The molecule has 0 saturated heterocycles. The number of rotatable bonds is 9. The van der Waals surface area contributed by atoms with Gasteiger partial charge in [0.15, 0.2) is 0 Å². The summed E-state index contributed by atoms with van der Waals surface area (Å²) in [6.07, 6.45) is 3.41. The van der Waals surface area contributed by atoms with Crippen LogP contribution in [0.1, 0.15) is 42.2 Å². The van der Waals surface area contributed by atoms with Crippen molar-refractivity contribution in [1.82, 2.24) is 0 Å². The van der Waals surface area contributed by atoms with Crippen LogP contribution in [0.15, 0.2) is 132 Å². The Morgan fingerprint density at radius 3 is 1.30 bits per heavy atom. The second-order valence-electron chi connectivity index (χ2n) is 10.9. The summed E-state index contributed by atoms with van der Waals surface area (Å²) in [5, 5.41) is 53.2. The number of hydrogen-bond acceptors (Lipinski definition) is 13. The summed E-state index contributed by atoms with van der Waals surface area (Å²) in [6, 6.07) is 25.7. The second-order valence-corrected chi connectivity index (χ2v) is 17.2. The van der Waals surface area contributed by atoms with Crippen molar-refractivity contribution in [2.45, 2.75) is 9.79 Å². The highest BCUT2D eigenvalue weighted by Gasteiger charge is 2.19. The molecule has 5 aromatic rings. The molecule has 320 valence electrons. The third-order valence-electron chi connectivity index (χ3n) is 6.69. The van der Waals surface area contributed by atoms with Crippen LogP contribution in [0.2, 0.25) is 0 Å². The van der Waals surface area contributed by atoms with E-state index in [0.717, 1.165) is 53.2 Å². The van der Waals surface area contributed by atoms with Crippen LogP contribution in [0.5, 0.6) is 17.2 Å². The molecule has 10 N–H and O–H groups in total. The molecule has 0 aliphatic rings. The summed E-state index contributed by atoms with van der Waals surface area (Å²) in [6.45, 7) is 7.22. The molecule has 0 aromatic heterocycles. The van der Waals surface area contributed by atoms with Gasteiger partial charge < -0.3 is 36.4 Å². The molecule has 60 heavy (non-hydrogen) atoms. The molecule has 0 saturated carbocycles. The number of halogens is 2. The van der Waals surface area contributed by atoms with Crippen molar-refractivity contribution in [3.63, 3.8) is 0 Å². The lowest BCUT2D eigenvalue weighted by Crippen LogP contribution is -2.13. The smallest absolute Gasteiger partial charge is 0.353 e. The number of carboxylic acids is 3. The molecule has 0 unspecified atom stereocenters. The van der Waals surface area contributed by atoms with Gasteiger partial charge in [-0.15, -0.1) is 0 Å². The predicted molar refractivity (Wildman–Crippen MR) is 224 cm³/mol. The normalized spacial score (nSPS) is 10.4. The lowest BCUT2D eigenvalue weighted by atomic mass is 10.2. The summed E-state index contributed by atoms with van der Waals surface area (Å²) in [7, 11) is -3.09. The van der Waals surface area contributed by atoms with Crippen LogP contribution in [-0.2, 0) is 28.4 Å². The first-order valence-corrected chi connectivity index (χ1v) is 21.7. The zero-order valence-electron chi connectivity index (χ0n) is 30.3. The summed E-state index contributed by atoms with van der Waals surface area (Å²) >= 11 is 0. The van der Waals surface area contributed by atoms with Crippen molar-refractivity contribution in [3.05, 3.63) is 150 Å². The number of phenols is 3. The van der Waals surface area contributed by atoms with E-state index in [0.29, 0.717) is 5.69 Å². The first-order valence-electron chi connectivity index (χ1n) is 15.7. The van der Waals surface area contributed by atoms with Gasteiger partial charge in [0, 0.05) is 32.7 Å². The number of sulfonamides is 1. The van der Waals surface area contributed by atoms with Crippen molar-refractivity contribution in [2.24, 2.45) is 0 Å². The zero-order valence-corrected chi connectivity index (χ0v) is 34.3. The van der Waals surface area contributed by atoms with Gasteiger partial charge in [-0.3, -0.25) is 9.27 Å². The lowest BCUT2D eigenvalue weighted by molar-refractivity contribution is 0.0682. The van der Waals surface area contributed by atoms with E-state index in [1.165, 1.54) is 12.1 Å². The fraction of sp³-hybridized carbons (Fsp3) is 0. The number of anilines is 2. The van der Waals surface area contributed by atoms with E-state index in [-0.39, 0.29) is 21.1 Å². The number of para-hydroxylation sites is 1. The van der Waals surface area contributed by atoms with Gasteiger partial charge in [-0.25, -0.2) is 31.2 Å². The van der Waals surface area contributed by atoms with Crippen molar-refractivity contribution in [1.29, 1.82) is 0 Å². The maximum absolute atomic E-state index is 12.2. The highest BCUT2D eigenvalue weighted by atomic mass is 35.7. The first kappa shape index (κ1) is 51.4. The molecule has 0 atom stereocenters. The fourth-order valence-electron chi connectivity index (χ4n) is 3.88. The molecule has 5 rings (SSSR count). The van der Waals surface area contributed by atoms with Crippen LogP contribution < -0.4 is 10.5 Å². The van der Waals surface area contributed by atoms with Crippen LogP contribution in [0.4, 0.5) is 11.4 Å². The highest BCUT2D eigenvalue weighted by Crippen LogP contribution is 2.25. The molecule has 0 fully saturated rings. The number of aromatic hydroxyl groups is 3. The molecule has 0 aliphatic carbocycles. The van der Waals surface area contributed by atoms with E-state index < -0.39 is 68.9 Å². The van der Waals surface area contributed by atoms with Gasteiger partial charge in [0.1, 0.15) is 33.9 Å². The lowest BCUT2D eigenvalue weighted by Gasteiger charge is -2.09. The number of carboxylic acid groups (broad SMARTS) is 3. The first-order chi connectivity index (χ1) is 27.7. The van der Waals surface area contributed by atoms with Crippen LogP contribution in [0.25, 0.3) is 12.2 Å². The summed E-state index contributed by atoms with van der Waals surface area (Å²) in [5.41, 5.74) is 7.45. The van der Waals surface area contributed by atoms with Crippen molar-refractivity contribution in [2.75, 3.05) is 10.5 Å². The third kappa shape index (κ3) is 18.8. The molecule has 23 heteroatoms. The summed E-state index contributed by atoms with van der Waals surface area (Å²) in [5.74, 6) is -5.16. The van der Waals surface area contributed by atoms with E-state index >= 15 is 0 Å². The van der Waals surface area contributed by atoms with E-state index in [1.807, 2.05) is 24.3 Å². The highest BCUT2D eigenvalue weighted by molar-refractivity contribution is 8.13. The molecule has 0 amide bonds. The Balaban J connectivity index is 0.000000408. The Morgan fingerprint density at radius 1 is 0.567 bits per heavy atom. The molecule has 0 bridgehead atoms. The number of nitrogen functional groups attached to an aromatic ring is 1. The summed E-state index contributed by atoms with van der Waals surface area (Å²) in [4.78, 5) is 31.1. The monoisotopic (exact) mass is 928 g/mol. The van der Waals surface area contributed by atoms with E-state index in [1.54, 1.807) is 48.6 Å². The Kier molecular flexibility index (Phi) is 19.8. The van der Waals surface area contributed by atoms with Gasteiger partial charge >= 0.3 is 27.2 Å². The SMILES string of the molecule is C=Cc1ccc(N)cc1.C=Cc1ccc(NS(=O)(=O)c2ccc(O)c(C(=O)O)c2)cc1.O=C(O)c1cc(S(=O)(=O)Cl)ccc1O.O=C(O)c1ccccc1O.O=S(=O)(O)Cl. The molecule has 18 nitrogen and oxygen atoms in total. The summed E-state index contributed by atoms with van der Waals surface area (Å²) < 4.78 is 73.6. The second kappa shape index (κ2) is 23.1.